The molecule has 1 aliphatic heterocycles. The maximum Gasteiger partial charge on any atom is 0.253 e. The van der Waals surface area contributed by atoms with Crippen molar-refractivity contribution < 1.29 is 13.2 Å². The van der Waals surface area contributed by atoms with Crippen molar-refractivity contribution in [2.24, 2.45) is 5.73 Å². The molecule has 0 aliphatic carbocycles. The molecule has 136 valence electrons. The van der Waals surface area contributed by atoms with Crippen LogP contribution < -0.4 is 16.0 Å². The second-order valence-electron chi connectivity index (χ2n) is 5.71. The van der Waals surface area contributed by atoms with Crippen molar-refractivity contribution in [3.8, 4) is 0 Å². The summed E-state index contributed by atoms with van der Waals surface area (Å²) in [7, 11) is -0.643. The Balaban J connectivity index is 0.00000288. The highest BCUT2D eigenvalue weighted by atomic mass is 35.5. The van der Waals surface area contributed by atoms with Crippen LogP contribution in [0.25, 0.3) is 0 Å². The standard InChI is InChI=1S/C15H24N4O3S.ClH/c1-18(2)23(21,22)12-5-6-14(19-9-3-4-10-19)13(11-12)15(20)17-8-7-16;/h5-6,11H,3-4,7-10,16H2,1-2H3,(H,17,20);1H. The maximum atomic E-state index is 12.4. The van der Waals surface area contributed by atoms with Gasteiger partial charge in [-0.3, -0.25) is 4.79 Å². The topological polar surface area (TPSA) is 95.7 Å². The van der Waals surface area contributed by atoms with Gasteiger partial charge in [0, 0.05) is 46.0 Å². The predicted molar refractivity (Wildman–Crippen MR) is 97.4 cm³/mol. The monoisotopic (exact) mass is 376 g/mol. The molecule has 0 unspecified atom stereocenters. The van der Waals surface area contributed by atoms with Crippen LogP contribution in [-0.4, -0.2) is 58.9 Å². The van der Waals surface area contributed by atoms with E-state index in [1.54, 1.807) is 12.1 Å². The number of hydrogen-bond donors (Lipinski definition) is 2. The summed E-state index contributed by atoms with van der Waals surface area (Å²) in [6, 6.07) is 4.73. The van der Waals surface area contributed by atoms with Crippen molar-refractivity contribution in [1.29, 1.82) is 0 Å². The molecule has 0 aromatic heterocycles. The number of nitrogens with zero attached hydrogens (tertiary/aromatic N) is 2. The SMILES string of the molecule is CN(C)S(=O)(=O)c1ccc(N2CCCC2)c(C(=O)NCCN)c1.Cl. The zero-order chi connectivity index (χ0) is 17.0. The van der Waals surface area contributed by atoms with Crippen LogP contribution in [-0.2, 0) is 10.0 Å². The van der Waals surface area contributed by atoms with E-state index in [4.69, 9.17) is 5.73 Å². The summed E-state index contributed by atoms with van der Waals surface area (Å²) in [5, 5.41) is 2.72. The Morgan fingerprint density at radius 2 is 1.92 bits per heavy atom. The Morgan fingerprint density at radius 1 is 1.29 bits per heavy atom. The van der Waals surface area contributed by atoms with Crippen molar-refractivity contribution in [2.45, 2.75) is 17.7 Å². The van der Waals surface area contributed by atoms with E-state index in [1.165, 1.54) is 20.2 Å². The Labute approximate surface area is 149 Å². The fourth-order valence-electron chi connectivity index (χ4n) is 2.58. The Morgan fingerprint density at radius 3 is 2.46 bits per heavy atom. The van der Waals surface area contributed by atoms with Gasteiger partial charge in [0.1, 0.15) is 0 Å². The maximum absolute atomic E-state index is 12.4. The average molecular weight is 377 g/mol. The first-order valence-corrected chi connectivity index (χ1v) is 9.11. The molecule has 0 spiro atoms. The van der Waals surface area contributed by atoms with Gasteiger partial charge in [0.2, 0.25) is 10.0 Å². The molecule has 24 heavy (non-hydrogen) atoms. The van der Waals surface area contributed by atoms with Gasteiger partial charge in [-0.05, 0) is 31.0 Å². The first-order valence-electron chi connectivity index (χ1n) is 7.67. The van der Waals surface area contributed by atoms with E-state index in [0.29, 0.717) is 18.7 Å². The van der Waals surface area contributed by atoms with Crippen molar-refractivity contribution in [1.82, 2.24) is 9.62 Å². The molecule has 0 atom stereocenters. The summed E-state index contributed by atoms with van der Waals surface area (Å²) in [5.74, 6) is -0.298. The highest BCUT2D eigenvalue weighted by Crippen LogP contribution is 2.28. The number of halogens is 1. The Bertz CT molecular complexity index is 673. The van der Waals surface area contributed by atoms with Crippen LogP contribution in [0.2, 0.25) is 0 Å². The second-order valence-corrected chi connectivity index (χ2v) is 7.86. The summed E-state index contributed by atoms with van der Waals surface area (Å²) in [5.41, 5.74) is 6.58. The third-order valence-corrected chi connectivity index (χ3v) is 5.68. The molecule has 1 fully saturated rings. The molecule has 1 heterocycles. The molecule has 1 amide bonds. The van der Waals surface area contributed by atoms with Gasteiger partial charge in [-0.2, -0.15) is 0 Å². The average Bonchev–Trinajstić information content (AvgIpc) is 3.06. The molecule has 1 aliphatic rings. The number of carbonyl (C=O) groups is 1. The number of sulfonamides is 1. The van der Waals surface area contributed by atoms with Crippen LogP contribution in [0.15, 0.2) is 23.1 Å². The van der Waals surface area contributed by atoms with Gasteiger partial charge in [0.25, 0.3) is 5.91 Å². The zero-order valence-electron chi connectivity index (χ0n) is 14.0. The molecule has 0 radical (unpaired) electrons. The smallest absolute Gasteiger partial charge is 0.253 e. The van der Waals surface area contributed by atoms with E-state index >= 15 is 0 Å². The quantitative estimate of drug-likeness (QED) is 0.759. The van der Waals surface area contributed by atoms with Gasteiger partial charge in [-0.25, -0.2) is 12.7 Å². The molecule has 3 N–H and O–H groups in total. The van der Waals surface area contributed by atoms with Crippen molar-refractivity contribution in [2.75, 3.05) is 45.2 Å². The van der Waals surface area contributed by atoms with Crippen LogP contribution in [0.3, 0.4) is 0 Å². The second kappa shape index (κ2) is 8.66. The van der Waals surface area contributed by atoms with Gasteiger partial charge in [-0.1, -0.05) is 0 Å². The molecule has 7 nitrogen and oxygen atoms in total. The van der Waals surface area contributed by atoms with E-state index < -0.39 is 10.0 Å². The molecular weight excluding hydrogens is 352 g/mol. The Hall–Kier alpha value is -1.35. The summed E-state index contributed by atoms with van der Waals surface area (Å²) in [6.45, 7) is 2.43. The first kappa shape index (κ1) is 20.7. The van der Waals surface area contributed by atoms with Crippen LogP contribution in [0.1, 0.15) is 23.2 Å². The van der Waals surface area contributed by atoms with Crippen LogP contribution in [0.4, 0.5) is 5.69 Å². The minimum Gasteiger partial charge on any atom is -0.371 e. The van der Waals surface area contributed by atoms with Crippen LogP contribution >= 0.6 is 12.4 Å². The lowest BCUT2D eigenvalue weighted by Crippen LogP contribution is -2.31. The summed E-state index contributed by atoms with van der Waals surface area (Å²) >= 11 is 0. The largest absolute Gasteiger partial charge is 0.371 e. The molecule has 1 aromatic carbocycles. The molecule has 1 aromatic rings. The molecular formula is C15H25ClN4O3S. The number of amides is 1. The lowest BCUT2D eigenvalue weighted by atomic mass is 10.1. The molecule has 1 saturated heterocycles. The fraction of sp³-hybridized carbons (Fsp3) is 0.533. The number of nitrogens with one attached hydrogen (secondary N) is 1. The van der Waals surface area contributed by atoms with Crippen LogP contribution in [0, 0.1) is 0 Å². The van der Waals surface area contributed by atoms with Gasteiger partial charge in [0.05, 0.1) is 10.5 Å². The van der Waals surface area contributed by atoms with Crippen molar-refractivity contribution in [3.05, 3.63) is 23.8 Å². The fourth-order valence-corrected chi connectivity index (χ4v) is 3.51. The van der Waals surface area contributed by atoms with Gasteiger partial charge < -0.3 is 16.0 Å². The number of benzene rings is 1. The minimum absolute atomic E-state index is 0. The number of nitrogens with two attached hydrogens (primary N) is 1. The number of anilines is 1. The van der Waals surface area contributed by atoms with Crippen molar-refractivity contribution >= 4 is 34.0 Å². The lowest BCUT2D eigenvalue weighted by molar-refractivity contribution is 0.0955. The summed E-state index contributed by atoms with van der Waals surface area (Å²) in [4.78, 5) is 14.7. The Kier molecular flexibility index (Phi) is 7.47. The van der Waals surface area contributed by atoms with E-state index in [9.17, 15) is 13.2 Å². The van der Waals surface area contributed by atoms with Crippen LogP contribution in [0.5, 0.6) is 0 Å². The molecule has 0 saturated carbocycles. The molecule has 2 rings (SSSR count). The van der Waals surface area contributed by atoms with E-state index in [2.05, 4.69) is 10.2 Å². The number of hydrogen-bond acceptors (Lipinski definition) is 5. The van der Waals surface area contributed by atoms with E-state index in [-0.39, 0.29) is 23.2 Å². The highest BCUT2D eigenvalue weighted by Gasteiger charge is 2.24. The number of carbonyl (C=O) groups excluding carboxylic acids is 1. The molecule has 0 bridgehead atoms. The number of rotatable bonds is 6. The first-order chi connectivity index (χ1) is 10.9. The third-order valence-electron chi connectivity index (χ3n) is 3.87. The lowest BCUT2D eigenvalue weighted by Gasteiger charge is -2.22. The van der Waals surface area contributed by atoms with Crippen molar-refractivity contribution in [3.63, 3.8) is 0 Å². The summed E-state index contributed by atoms with van der Waals surface area (Å²) in [6.07, 6.45) is 2.14. The van der Waals surface area contributed by atoms with E-state index in [1.807, 2.05) is 0 Å². The zero-order valence-corrected chi connectivity index (χ0v) is 15.6. The molecule has 9 heteroatoms. The predicted octanol–water partition coefficient (Wildman–Crippen LogP) is 0.647. The van der Waals surface area contributed by atoms with Gasteiger partial charge >= 0.3 is 0 Å². The minimum atomic E-state index is -3.58. The highest BCUT2D eigenvalue weighted by molar-refractivity contribution is 7.89. The van der Waals surface area contributed by atoms with E-state index in [0.717, 1.165) is 35.9 Å². The third kappa shape index (κ3) is 4.38. The normalized spacial score (nSPS) is 14.6. The van der Waals surface area contributed by atoms with Gasteiger partial charge in [0.15, 0.2) is 0 Å². The van der Waals surface area contributed by atoms with Gasteiger partial charge in [-0.15, -0.1) is 12.4 Å². The summed E-state index contributed by atoms with van der Waals surface area (Å²) < 4.78 is 25.8.